The Morgan fingerprint density at radius 3 is 2.76 bits per heavy atom. The van der Waals surface area contributed by atoms with E-state index in [-0.39, 0.29) is 22.6 Å². The molecule has 2 amide bonds. The third-order valence-corrected chi connectivity index (χ3v) is 3.17. The summed E-state index contributed by atoms with van der Waals surface area (Å²) in [7, 11) is 1.59. The number of allylic oxidation sites excluding steroid dienone is 2. The standard InChI is InChI=1S/C15H14N2O3S/c1-10(18)17-12(14(19)16-15(17)21)8-5-7-11-6-3-4-9-13(11)20-2/h3-9H,1-2H3,(H,16,19,21). The zero-order valence-electron chi connectivity index (χ0n) is 11.6. The van der Waals surface area contributed by atoms with E-state index in [2.05, 4.69) is 5.32 Å². The number of thiocarbonyl (C=S) groups is 1. The van der Waals surface area contributed by atoms with Crippen LogP contribution in [0, 0.1) is 0 Å². The number of para-hydroxylation sites is 1. The van der Waals surface area contributed by atoms with Gasteiger partial charge in [0.25, 0.3) is 5.91 Å². The molecule has 0 unspecified atom stereocenters. The van der Waals surface area contributed by atoms with Crippen LogP contribution < -0.4 is 10.1 Å². The van der Waals surface area contributed by atoms with Gasteiger partial charge in [-0.25, -0.2) is 0 Å². The number of hydrogen-bond donors (Lipinski definition) is 1. The lowest BCUT2D eigenvalue weighted by molar-refractivity contribution is -0.125. The number of rotatable bonds is 3. The van der Waals surface area contributed by atoms with Crippen LogP contribution in [0.1, 0.15) is 12.5 Å². The monoisotopic (exact) mass is 302 g/mol. The van der Waals surface area contributed by atoms with E-state index in [1.54, 1.807) is 25.3 Å². The van der Waals surface area contributed by atoms with E-state index in [1.807, 2.05) is 24.3 Å². The first-order chi connectivity index (χ1) is 10.0. The molecule has 1 N–H and O–H groups in total. The maximum Gasteiger partial charge on any atom is 0.274 e. The van der Waals surface area contributed by atoms with Gasteiger partial charge in [0, 0.05) is 12.5 Å². The topological polar surface area (TPSA) is 58.6 Å². The Bertz CT molecular complexity index is 665. The number of benzene rings is 1. The Kier molecular flexibility index (Phi) is 4.49. The van der Waals surface area contributed by atoms with Crippen molar-refractivity contribution < 1.29 is 14.3 Å². The first-order valence-electron chi connectivity index (χ1n) is 6.22. The van der Waals surface area contributed by atoms with Gasteiger partial charge in [-0.3, -0.25) is 19.8 Å². The van der Waals surface area contributed by atoms with Crippen molar-refractivity contribution in [1.29, 1.82) is 0 Å². The molecule has 1 heterocycles. The molecule has 1 saturated heterocycles. The largest absolute Gasteiger partial charge is 0.496 e. The molecule has 0 aliphatic carbocycles. The van der Waals surface area contributed by atoms with Crippen molar-refractivity contribution in [3.8, 4) is 5.75 Å². The van der Waals surface area contributed by atoms with E-state index in [1.165, 1.54) is 11.8 Å². The van der Waals surface area contributed by atoms with Crippen molar-refractivity contribution in [2.45, 2.75) is 6.92 Å². The van der Waals surface area contributed by atoms with Crippen molar-refractivity contribution in [3.63, 3.8) is 0 Å². The molecule has 5 nitrogen and oxygen atoms in total. The number of carbonyl (C=O) groups excluding carboxylic acids is 2. The van der Waals surface area contributed by atoms with Gasteiger partial charge in [-0.1, -0.05) is 30.4 Å². The van der Waals surface area contributed by atoms with E-state index in [0.717, 1.165) is 11.3 Å². The minimum absolute atomic E-state index is 0.101. The summed E-state index contributed by atoms with van der Waals surface area (Å²) < 4.78 is 5.23. The highest BCUT2D eigenvalue weighted by Gasteiger charge is 2.32. The van der Waals surface area contributed by atoms with Gasteiger partial charge in [0.15, 0.2) is 5.11 Å². The summed E-state index contributed by atoms with van der Waals surface area (Å²) in [6.45, 7) is 1.35. The summed E-state index contributed by atoms with van der Waals surface area (Å²) >= 11 is 4.94. The lowest BCUT2D eigenvalue weighted by atomic mass is 10.2. The van der Waals surface area contributed by atoms with Crippen molar-refractivity contribution in [3.05, 3.63) is 47.7 Å². The quantitative estimate of drug-likeness (QED) is 0.684. The second-order valence-corrected chi connectivity index (χ2v) is 4.65. The third-order valence-electron chi connectivity index (χ3n) is 2.88. The molecular formula is C15H14N2O3S. The molecule has 1 aliphatic heterocycles. The molecule has 1 fully saturated rings. The number of nitrogens with zero attached hydrogens (tertiary/aromatic N) is 1. The predicted molar refractivity (Wildman–Crippen MR) is 83.4 cm³/mol. The summed E-state index contributed by atoms with van der Waals surface area (Å²) in [5, 5.41) is 2.54. The normalized spacial score (nSPS) is 16.7. The maximum atomic E-state index is 11.7. The van der Waals surface area contributed by atoms with Gasteiger partial charge in [-0.15, -0.1) is 0 Å². The molecule has 1 aliphatic rings. The minimum atomic E-state index is -0.389. The second kappa shape index (κ2) is 6.32. The Morgan fingerprint density at radius 1 is 1.38 bits per heavy atom. The lowest BCUT2D eigenvalue weighted by Crippen LogP contribution is -2.31. The van der Waals surface area contributed by atoms with E-state index in [9.17, 15) is 9.59 Å². The van der Waals surface area contributed by atoms with E-state index < -0.39 is 0 Å². The molecular weight excluding hydrogens is 288 g/mol. The lowest BCUT2D eigenvalue weighted by Gasteiger charge is -2.11. The highest BCUT2D eigenvalue weighted by molar-refractivity contribution is 7.80. The van der Waals surface area contributed by atoms with Gasteiger partial charge >= 0.3 is 0 Å². The van der Waals surface area contributed by atoms with Gasteiger partial charge in [0.1, 0.15) is 11.4 Å². The Morgan fingerprint density at radius 2 is 2.10 bits per heavy atom. The molecule has 0 saturated carbocycles. The van der Waals surface area contributed by atoms with Crippen molar-refractivity contribution in [1.82, 2.24) is 10.2 Å². The zero-order valence-corrected chi connectivity index (χ0v) is 12.4. The summed E-state index contributed by atoms with van der Waals surface area (Å²) in [5.74, 6) is 0.0251. The van der Waals surface area contributed by atoms with Crippen LogP contribution in [-0.2, 0) is 9.59 Å². The first-order valence-corrected chi connectivity index (χ1v) is 6.63. The fraction of sp³-hybridized carbons (Fsp3) is 0.133. The fourth-order valence-electron chi connectivity index (χ4n) is 1.94. The third kappa shape index (κ3) is 3.17. The average molecular weight is 302 g/mol. The van der Waals surface area contributed by atoms with Gasteiger partial charge in [0.2, 0.25) is 5.91 Å². The molecule has 0 atom stereocenters. The molecule has 1 aromatic rings. The van der Waals surface area contributed by atoms with Crippen LogP contribution in [0.2, 0.25) is 0 Å². The molecule has 21 heavy (non-hydrogen) atoms. The van der Waals surface area contributed by atoms with Crippen LogP contribution in [0.4, 0.5) is 0 Å². The second-order valence-electron chi connectivity index (χ2n) is 4.27. The zero-order chi connectivity index (χ0) is 15.4. The maximum absolute atomic E-state index is 11.7. The number of methoxy groups -OCH3 is 1. The number of amides is 2. The van der Waals surface area contributed by atoms with Crippen molar-refractivity contribution >= 4 is 35.2 Å². The highest BCUT2D eigenvalue weighted by atomic mass is 32.1. The molecule has 108 valence electrons. The van der Waals surface area contributed by atoms with E-state index >= 15 is 0 Å². The molecule has 1 aromatic carbocycles. The average Bonchev–Trinajstić information content (AvgIpc) is 2.74. The number of nitrogens with one attached hydrogen (secondary N) is 1. The minimum Gasteiger partial charge on any atom is -0.496 e. The fourth-order valence-corrected chi connectivity index (χ4v) is 2.26. The molecule has 2 rings (SSSR count). The van der Waals surface area contributed by atoms with Gasteiger partial charge < -0.3 is 4.74 Å². The summed E-state index contributed by atoms with van der Waals surface area (Å²) in [5.41, 5.74) is 1.07. The van der Waals surface area contributed by atoms with Crippen LogP contribution >= 0.6 is 12.2 Å². The molecule has 0 radical (unpaired) electrons. The van der Waals surface area contributed by atoms with Crippen molar-refractivity contribution in [2.24, 2.45) is 0 Å². The SMILES string of the molecule is COc1ccccc1C=CC=C1C(=O)NC(=S)N1C(C)=O. The van der Waals surface area contributed by atoms with E-state index in [4.69, 9.17) is 17.0 Å². The number of hydrogen-bond acceptors (Lipinski definition) is 4. The first kappa shape index (κ1) is 14.9. The number of carbonyl (C=O) groups is 2. The Labute approximate surface area is 127 Å². The van der Waals surface area contributed by atoms with Crippen molar-refractivity contribution in [2.75, 3.05) is 7.11 Å². The highest BCUT2D eigenvalue weighted by Crippen LogP contribution is 2.19. The molecule has 0 aromatic heterocycles. The van der Waals surface area contributed by atoms with Crippen LogP contribution in [0.5, 0.6) is 5.75 Å². The van der Waals surface area contributed by atoms with Gasteiger partial charge in [-0.05, 0) is 24.4 Å². The Balaban J connectivity index is 2.27. The van der Waals surface area contributed by atoms with Gasteiger partial charge in [-0.2, -0.15) is 0 Å². The molecule has 0 bridgehead atoms. The van der Waals surface area contributed by atoms with Crippen LogP contribution in [0.25, 0.3) is 6.08 Å². The Hall–Kier alpha value is -2.47. The summed E-state index contributed by atoms with van der Waals surface area (Å²) in [4.78, 5) is 24.4. The van der Waals surface area contributed by atoms with Crippen LogP contribution in [-0.4, -0.2) is 28.9 Å². The summed E-state index contributed by atoms with van der Waals surface area (Å²) in [6, 6.07) is 7.48. The van der Waals surface area contributed by atoms with Crippen LogP contribution in [0.15, 0.2) is 42.1 Å². The smallest absolute Gasteiger partial charge is 0.274 e. The summed E-state index contributed by atoms with van der Waals surface area (Å²) in [6.07, 6.45) is 5.01. The number of ether oxygens (including phenoxy) is 1. The van der Waals surface area contributed by atoms with E-state index in [0.29, 0.717) is 0 Å². The molecule has 0 spiro atoms. The van der Waals surface area contributed by atoms with Crippen LogP contribution in [0.3, 0.4) is 0 Å². The predicted octanol–water partition coefficient (Wildman–Crippen LogP) is 1.86. The van der Waals surface area contributed by atoms with Gasteiger partial charge in [0.05, 0.1) is 7.11 Å². The molecule has 6 heteroatoms.